The van der Waals surface area contributed by atoms with Crippen molar-refractivity contribution in [3.05, 3.63) is 30.1 Å². The maximum Gasteiger partial charge on any atom is 0.121 e. The summed E-state index contributed by atoms with van der Waals surface area (Å²) in [6, 6.07) is 8.80. The van der Waals surface area contributed by atoms with E-state index in [1.807, 2.05) is 12.1 Å². The molecule has 1 aromatic carbocycles. The van der Waals surface area contributed by atoms with Crippen molar-refractivity contribution < 1.29 is 4.74 Å². The summed E-state index contributed by atoms with van der Waals surface area (Å²) < 4.78 is 5.84. The number of aromatic amines is 1. The molecule has 1 saturated heterocycles. The van der Waals surface area contributed by atoms with Crippen molar-refractivity contribution in [3.63, 3.8) is 0 Å². The summed E-state index contributed by atoms with van der Waals surface area (Å²) >= 11 is 0. The van der Waals surface area contributed by atoms with Gasteiger partial charge in [-0.05, 0) is 45.4 Å². The number of para-hydroxylation sites is 2. The van der Waals surface area contributed by atoms with E-state index in [-0.39, 0.29) is 5.60 Å². The second-order valence-corrected chi connectivity index (χ2v) is 6.52. The largest absolute Gasteiger partial charge is 0.375 e. The van der Waals surface area contributed by atoms with Crippen molar-refractivity contribution in [2.75, 3.05) is 13.2 Å². The molecule has 1 N–H and O–H groups in total. The average Bonchev–Trinajstić information content (AvgIpc) is 2.86. The molecule has 0 spiro atoms. The summed E-state index contributed by atoms with van der Waals surface area (Å²) in [5, 5.41) is 0. The number of aromatic nitrogens is 2. The zero-order valence-corrected chi connectivity index (χ0v) is 13.2. The maximum absolute atomic E-state index is 5.84. The first kappa shape index (κ1) is 14.5. The zero-order chi connectivity index (χ0) is 14.9. The van der Waals surface area contributed by atoms with Crippen LogP contribution in [0.2, 0.25) is 0 Å². The molecule has 2 aromatic rings. The molecule has 114 valence electrons. The molecule has 1 aliphatic heterocycles. The van der Waals surface area contributed by atoms with Gasteiger partial charge in [0.05, 0.1) is 23.2 Å². The van der Waals surface area contributed by atoms with Crippen LogP contribution in [-0.2, 0) is 11.3 Å². The molecule has 1 atom stereocenters. The van der Waals surface area contributed by atoms with Gasteiger partial charge >= 0.3 is 0 Å². The minimum absolute atomic E-state index is 0.00971. The molecule has 21 heavy (non-hydrogen) atoms. The van der Waals surface area contributed by atoms with Crippen LogP contribution in [-0.4, -0.2) is 39.7 Å². The van der Waals surface area contributed by atoms with Crippen LogP contribution in [0.4, 0.5) is 0 Å². The third-order valence-corrected chi connectivity index (χ3v) is 4.38. The Kier molecular flexibility index (Phi) is 4.00. The Bertz CT molecular complexity index is 572. The van der Waals surface area contributed by atoms with Crippen LogP contribution < -0.4 is 0 Å². The number of rotatable bonds is 4. The number of hydrogen-bond donors (Lipinski definition) is 1. The van der Waals surface area contributed by atoms with Gasteiger partial charge in [-0.3, -0.25) is 4.90 Å². The van der Waals surface area contributed by atoms with Crippen LogP contribution in [0, 0.1) is 0 Å². The minimum atomic E-state index is -0.00971. The average molecular weight is 287 g/mol. The molecule has 0 unspecified atom stereocenters. The molecular formula is C17H25N3O. The van der Waals surface area contributed by atoms with E-state index in [0.717, 1.165) is 49.4 Å². The molecule has 0 amide bonds. The van der Waals surface area contributed by atoms with Crippen molar-refractivity contribution in [1.82, 2.24) is 14.9 Å². The van der Waals surface area contributed by atoms with Gasteiger partial charge in [0.2, 0.25) is 0 Å². The standard InChI is InChI=1S/C17H25N3O/c1-4-20(13-9-10-21-17(2,3)11-13)12-16-18-14-7-5-6-8-15(14)19-16/h5-8,13H,4,9-12H2,1-3H3,(H,18,19)/t13-/m0/s1. The molecule has 1 fully saturated rings. The number of imidazole rings is 1. The topological polar surface area (TPSA) is 41.2 Å². The summed E-state index contributed by atoms with van der Waals surface area (Å²) in [4.78, 5) is 10.7. The zero-order valence-electron chi connectivity index (χ0n) is 13.2. The van der Waals surface area contributed by atoms with E-state index in [2.05, 4.69) is 42.8 Å². The Morgan fingerprint density at radius 2 is 2.19 bits per heavy atom. The van der Waals surface area contributed by atoms with Crippen LogP contribution >= 0.6 is 0 Å². The molecule has 0 saturated carbocycles. The fraction of sp³-hybridized carbons (Fsp3) is 0.588. The molecule has 4 nitrogen and oxygen atoms in total. The van der Waals surface area contributed by atoms with Crippen molar-refractivity contribution in [2.45, 2.75) is 51.8 Å². The number of nitrogens with one attached hydrogen (secondary N) is 1. The van der Waals surface area contributed by atoms with E-state index in [4.69, 9.17) is 9.72 Å². The van der Waals surface area contributed by atoms with E-state index < -0.39 is 0 Å². The van der Waals surface area contributed by atoms with Crippen molar-refractivity contribution in [3.8, 4) is 0 Å². The summed E-state index contributed by atoms with van der Waals surface area (Å²) in [5.41, 5.74) is 2.16. The lowest BCUT2D eigenvalue weighted by Gasteiger charge is -2.40. The highest BCUT2D eigenvalue weighted by Gasteiger charge is 2.32. The molecule has 0 aliphatic carbocycles. The Morgan fingerprint density at radius 3 is 2.90 bits per heavy atom. The minimum Gasteiger partial charge on any atom is -0.375 e. The van der Waals surface area contributed by atoms with E-state index in [1.165, 1.54) is 0 Å². The van der Waals surface area contributed by atoms with Gasteiger partial charge in [0, 0.05) is 12.6 Å². The van der Waals surface area contributed by atoms with Crippen LogP contribution in [0.1, 0.15) is 39.4 Å². The smallest absolute Gasteiger partial charge is 0.121 e. The molecular weight excluding hydrogens is 262 g/mol. The fourth-order valence-corrected chi connectivity index (χ4v) is 3.28. The number of H-pyrrole nitrogens is 1. The summed E-state index contributed by atoms with van der Waals surface area (Å²) in [5.74, 6) is 1.06. The highest BCUT2D eigenvalue weighted by molar-refractivity contribution is 5.74. The highest BCUT2D eigenvalue weighted by Crippen LogP contribution is 2.28. The second kappa shape index (κ2) is 5.78. The highest BCUT2D eigenvalue weighted by atomic mass is 16.5. The van der Waals surface area contributed by atoms with Crippen LogP contribution in [0.3, 0.4) is 0 Å². The van der Waals surface area contributed by atoms with Gasteiger partial charge in [-0.1, -0.05) is 19.1 Å². The van der Waals surface area contributed by atoms with Gasteiger partial charge in [0.25, 0.3) is 0 Å². The van der Waals surface area contributed by atoms with E-state index in [1.54, 1.807) is 0 Å². The number of benzene rings is 1. The van der Waals surface area contributed by atoms with Crippen LogP contribution in [0.15, 0.2) is 24.3 Å². The van der Waals surface area contributed by atoms with Crippen molar-refractivity contribution >= 4 is 11.0 Å². The van der Waals surface area contributed by atoms with Gasteiger partial charge < -0.3 is 9.72 Å². The van der Waals surface area contributed by atoms with Crippen molar-refractivity contribution in [2.24, 2.45) is 0 Å². The lowest BCUT2D eigenvalue weighted by atomic mass is 9.93. The first-order chi connectivity index (χ1) is 10.1. The second-order valence-electron chi connectivity index (χ2n) is 6.52. The third kappa shape index (κ3) is 3.27. The van der Waals surface area contributed by atoms with E-state index >= 15 is 0 Å². The Hall–Kier alpha value is -1.39. The molecule has 2 heterocycles. The predicted octanol–water partition coefficient (Wildman–Crippen LogP) is 3.34. The van der Waals surface area contributed by atoms with E-state index in [0.29, 0.717) is 6.04 Å². The third-order valence-electron chi connectivity index (χ3n) is 4.38. The normalized spacial score (nSPS) is 22.0. The molecule has 1 aliphatic rings. The quantitative estimate of drug-likeness (QED) is 0.937. The van der Waals surface area contributed by atoms with Gasteiger partial charge in [0.15, 0.2) is 0 Å². The SMILES string of the molecule is CCN(Cc1nc2ccccc2[nH]1)[C@H]1CCOC(C)(C)C1. The first-order valence-corrected chi connectivity index (χ1v) is 7.89. The molecule has 4 heteroatoms. The van der Waals surface area contributed by atoms with Crippen LogP contribution in [0.5, 0.6) is 0 Å². The summed E-state index contributed by atoms with van der Waals surface area (Å²) in [7, 11) is 0. The fourth-order valence-electron chi connectivity index (χ4n) is 3.28. The molecule has 3 rings (SSSR count). The Morgan fingerprint density at radius 1 is 1.38 bits per heavy atom. The number of fused-ring (bicyclic) bond motifs is 1. The lowest BCUT2D eigenvalue weighted by Crippen LogP contribution is -2.45. The number of ether oxygens (including phenoxy) is 1. The predicted molar refractivity (Wildman–Crippen MR) is 85.2 cm³/mol. The summed E-state index contributed by atoms with van der Waals surface area (Å²) in [6.07, 6.45) is 2.19. The summed E-state index contributed by atoms with van der Waals surface area (Å²) in [6.45, 7) is 9.38. The monoisotopic (exact) mass is 287 g/mol. The Labute approximate surface area is 126 Å². The lowest BCUT2D eigenvalue weighted by molar-refractivity contribution is -0.0841. The van der Waals surface area contributed by atoms with Gasteiger partial charge in [-0.15, -0.1) is 0 Å². The number of hydrogen-bond acceptors (Lipinski definition) is 3. The van der Waals surface area contributed by atoms with Gasteiger partial charge in [-0.2, -0.15) is 0 Å². The molecule has 1 aromatic heterocycles. The van der Waals surface area contributed by atoms with Crippen molar-refractivity contribution in [1.29, 1.82) is 0 Å². The van der Waals surface area contributed by atoms with Gasteiger partial charge in [0.1, 0.15) is 5.82 Å². The number of nitrogens with zero attached hydrogens (tertiary/aromatic N) is 2. The molecule has 0 bridgehead atoms. The van der Waals surface area contributed by atoms with Gasteiger partial charge in [-0.25, -0.2) is 4.98 Å². The maximum atomic E-state index is 5.84. The molecule has 0 radical (unpaired) electrons. The van der Waals surface area contributed by atoms with E-state index in [9.17, 15) is 0 Å². The first-order valence-electron chi connectivity index (χ1n) is 7.89. The van der Waals surface area contributed by atoms with Crippen LogP contribution in [0.25, 0.3) is 11.0 Å². The Balaban J connectivity index is 1.74.